The van der Waals surface area contributed by atoms with Crippen molar-refractivity contribution in [3.8, 4) is 0 Å². The van der Waals surface area contributed by atoms with E-state index in [4.69, 9.17) is 0 Å². The number of hydrogen-bond donors (Lipinski definition) is 1. The molecule has 1 aliphatic rings. The molecule has 2 atom stereocenters. The summed E-state index contributed by atoms with van der Waals surface area (Å²) >= 11 is 0. The molecule has 0 saturated heterocycles. The number of rotatable bonds is 3. The third-order valence-electron chi connectivity index (χ3n) is 4.01. The van der Waals surface area contributed by atoms with Gasteiger partial charge in [0.25, 0.3) is 0 Å². The molecule has 0 amide bonds. The molecule has 1 aliphatic carbocycles. The average molecular weight is 257 g/mol. The summed E-state index contributed by atoms with van der Waals surface area (Å²) < 4.78 is 2.00. The molecule has 0 fully saturated rings. The number of aryl methyl sites for hydroxylation is 2. The topological polar surface area (TPSA) is 50.9 Å². The number of imidazole rings is 1. The van der Waals surface area contributed by atoms with E-state index in [2.05, 4.69) is 23.0 Å². The van der Waals surface area contributed by atoms with Crippen molar-refractivity contribution in [1.82, 2.24) is 14.5 Å². The first-order valence-electron chi connectivity index (χ1n) is 6.93. The number of pyridine rings is 1. The number of aliphatic hydroxyl groups is 1. The Bertz CT molecular complexity index is 564. The van der Waals surface area contributed by atoms with Gasteiger partial charge in [-0.05, 0) is 37.8 Å². The minimum absolute atomic E-state index is 0.0898. The predicted molar refractivity (Wildman–Crippen MR) is 72.8 cm³/mol. The number of hydrogen-bond acceptors (Lipinski definition) is 3. The highest BCUT2D eigenvalue weighted by atomic mass is 16.3. The van der Waals surface area contributed by atoms with Crippen molar-refractivity contribution in [2.75, 3.05) is 0 Å². The number of fused-ring (bicyclic) bond motifs is 1. The highest BCUT2D eigenvalue weighted by molar-refractivity contribution is 5.28. The lowest BCUT2D eigenvalue weighted by Gasteiger charge is -2.28. The van der Waals surface area contributed by atoms with Crippen LogP contribution in [0.2, 0.25) is 0 Å². The van der Waals surface area contributed by atoms with Crippen molar-refractivity contribution >= 4 is 0 Å². The minimum Gasteiger partial charge on any atom is -0.386 e. The summed E-state index contributed by atoms with van der Waals surface area (Å²) in [5, 5.41) is 10.7. The first-order valence-corrected chi connectivity index (χ1v) is 6.93. The maximum Gasteiger partial charge on any atom is 0.104 e. The lowest BCUT2D eigenvalue weighted by Crippen LogP contribution is -2.20. The summed E-state index contributed by atoms with van der Waals surface area (Å²) in [5.74, 6) is 0.0898. The maximum absolute atomic E-state index is 10.7. The normalized spacial score (nSPS) is 20.0. The minimum atomic E-state index is -0.517. The van der Waals surface area contributed by atoms with Crippen LogP contribution in [-0.2, 0) is 13.0 Å². The Morgan fingerprint density at radius 3 is 3.26 bits per heavy atom. The molecule has 2 heterocycles. The first-order chi connectivity index (χ1) is 9.31. The Kier molecular flexibility index (Phi) is 3.34. The molecule has 0 saturated carbocycles. The summed E-state index contributed by atoms with van der Waals surface area (Å²) in [6.45, 7) is 2.89. The zero-order chi connectivity index (χ0) is 13.2. The van der Waals surface area contributed by atoms with Crippen molar-refractivity contribution in [2.45, 2.75) is 44.8 Å². The van der Waals surface area contributed by atoms with Crippen molar-refractivity contribution in [3.05, 3.63) is 47.8 Å². The standard InChI is InChI=1S/C15H19N3O/c1-2-18-10-16-9-13(18)15(19)12-7-3-5-11-6-4-8-17-14(11)12/h4,6,8-10,12,15,19H,2-3,5,7H2,1H3. The Morgan fingerprint density at radius 2 is 2.42 bits per heavy atom. The van der Waals surface area contributed by atoms with Crippen LogP contribution >= 0.6 is 0 Å². The maximum atomic E-state index is 10.7. The second-order valence-electron chi connectivity index (χ2n) is 5.10. The zero-order valence-electron chi connectivity index (χ0n) is 11.2. The van der Waals surface area contributed by atoms with Crippen molar-refractivity contribution in [3.63, 3.8) is 0 Å². The molecule has 0 aromatic carbocycles. The zero-order valence-corrected chi connectivity index (χ0v) is 11.2. The van der Waals surface area contributed by atoms with Crippen LogP contribution < -0.4 is 0 Å². The Labute approximate surface area is 113 Å². The molecule has 4 heteroatoms. The number of aliphatic hydroxyl groups excluding tert-OH is 1. The fourth-order valence-electron chi connectivity index (χ4n) is 3.00. The highest BCUT2D eigenvalue weighted by Gasteiger charge is 2.30. The summed E-state index contributed by atoms with van der Waals surface area (Å²) in [5.41, 5.74) is 3.23. The van der Waals surface area contributed by atoms with E-state index in [0.29, 0.717) is 0 Å². The van der Waals surface area contributed by atoms with Gasteiger partial charge in [-0.2, -0.15) is 0 Å². The van der Waals surface area contributed by atoms with Crippen LogP contribution in [0.25, 0.3) is 0 Å². The Balaban J connectivity index is 1.95. The van der Waals surface area contributed by atoms with Crippen LogP contribution in [0, 0.1) is 0 Å². The van der Waals surface area contributed by atoms with E-state index in [1.165, 1.54) is 5.56 Å². The van der Waals surface area contributed by atoms with Crippen LogP contribution in [0.3, 0.4) is 0 Å². The van der Waals surface area contributed by atoms with E-state index in [9.17, 15) is 5.11 Å². The van der Waals surface area contributed by atoms with Crippen LogP contribution in [0.15, 0.2) is 30.9 Å². The molecule has 0 spiro atoms. The van der Waals surface area contributed by atoms with Gasteiger partial charge in [-0.15, -0.1) is 0 Å². The molecular weight excluding hydrogens is 238 g/mol. The van der Waals surface area contributed by atoms with Gasteiger partial charge in [0.15, 0.2) is 0 Å². The fourth-order valence-corrected chi connectivity index (χ4v) is 3.00. The van der Waals surface area contributed by atoms with Crippen molar-refractivity contribution in [2.24, 2.45) is 0 Å². The number of nitrogens with zero attached hydrogens (tertiary/aromatic N) is 3. The van der Waals surface area contributed by atoms with E-state index in [1.54, 1.807) is 12.5 Å². The number of aromatic nitrogens is 3. The van der Waals surface area contributed by atoms with Gasteiger partial charge in [0.2, 0.25) is 0 Å². The predicted octanol–water partition coefficient (Wildman–Crippen LogP) is 2.45. The lowest BCUT2D eigenvalue weighted by atomic mass is 9.82. The monoisotopic (exact) mass is 257 g/mol. The third kappa shape index (κ3) is 2.16. The summed E-state index contributed by atoms with van der Waals surface area (Å²) in [7, 11) is 0. The molecule has 1 N–H and O–H groups in total. The van der Waals surface area contributed by atoms with Crippen molar-refractivity contribution in [1.29, 1.82) is 0 Å². The van der Waals surface area contributed by atoms with E-state index in [1.807, 2.05) is 16.8 Å². The van der Waals surface area contributed by atoms with Gasteiger partial charge in [0.1, 0.15) is 6.10 Å². The second-order valence-corrected chi connectivity index (χ2v) is 5.10. The van der Waals surface area contributed by atoms with Crippen molar-refractivity contribution < 1.29 is 5.11 Å². The first kappa shape index (κ1) is 12.4. The smallest absolute Gasteiger partial charge is 0.104 e. The van der Waals surface area contributed by atoms with Gasteiger partial charge in [-0.3, -0.25) is 4.98 Å². The Morgan fingerprint density at radius 1 is 1.53 bits per heavy atom. The van der Waals surface area contributed by atoms with Crippen LogP contribution in [0.4, 0.5) is 0 Å². The largest absolute Gasteiger partial charge is 0.386 e. The van der Waals surface area contributed by atoms with E-state index < -0.39 is 6.10 Å². The molecule has 100 valence electrons. The van der Waals surface area contributed by atoms with Crippen LogP contribution in [0.5, 0.6) is 0 Å². The molecule has 0 bridgehead atoms. The van der Waals surface area contributed by atoms with E-state index in [-0.39, 0.29) is 5.92 Å². The molecule has 2 aromatic rings. The summed E-state index contributed by atoms with van der Waals surface area (Å²) in [6, 6.07) is 4.10. The molecule has 19 heavy (non-hydrogen) atoms. The molecule has 0 aliphatic heterocycles. The molecule has 3 rings (SSSR count). The van der Waals surface area contributed by atoms with E-state index in [0.717, 1.165) is 37.2 Å². The molecule has 0 radical (unpaired) electrons. The quantitative estimate of drug-likeness (QED) is 0.919. The van der Waals surface area contributed by atoms with Gasteiger partial charge in [0, 0.05) is 24.4 Å². The van der Waals surface area contributed by atoms with Gasteiger partial charge < -0.3 is 9.67 Å². The van der Waals surface area contributed by atoms with Crippen LogP contribution in [-0.4, -0.2) is 19.6 Å². The SMILES string of the molecule is CCn1cncc1C(O)C1CCCc2cccnc21. The molecule has 2 aromatic heterocycles. The van der Waals surface area contributed by atoms with Gasteiger partial charge in [0.05, 0.1) is 18.2 Å². The van der Waals surface area contributed by atoms with E-state index >= 15 is 0 Å². The Hall–Kier alpha value is -1.68. The second kappa shape index (κ2) is 5.13. The molecular formula is C15H19N3O. The lowest BCUT2D eigenvalue weighted by molar-refractivity contribution is 0.125. The van der Waals surface area contributed by atoms with Gasteiger partial charge >= 0.3 is 0 Å². The summed E-state index contributed by atoms with van der Waals surface area (Å²) in [6.07, 6.45) is 8.02. The summed E-state index contributed by atoms with van der Waals surface area (Å²) in [4.78, 5) is 8.64. The molecule has 4 nitrogen and oxygen atoms in total. The van der Waals surface area contributed by atoms with Crippen LogP contribution in [0.1, 0.15) is 48.7 Å². The molecule has 2 unspecified atom stereocenters. The highest BCUT2D eigenvalue weighted by Crippen LogP contribution is 2.38. The van der Waals surface area contributed by atoms with Gasteiger partial charge in [-0.25, -0.2) is 4.98 Å². The third-order valence-corrected chi connectivity index (χ3v) is 4.01. The average Bonchev–Trinajstić information content (AvgIpc) is 2.94. The fraction of sp³-hybridized carbons (Fsp3) is 0.467. The van der Waals surface area contributed by atoms with Gasteiger partial charge in [-0.1, -0.05) is 6.07 Å².